The van der Waals surface area contributed by atoms with Crippen molar-refractivity contribution in [2.45, 2.75) is 5.75 Å². The number of para-hydroxylation sites is 2. The van der Waals surface area contributed by atoms with Crippen molar-refractivity contribution in [3.05, 3.63) is 90.3 Å². The predicted octanol–water partition coefficient (Wildman–Crippen LogP) is 3.10. The van der Waals surface area contributed by atoms with Crippen molar-refractivity contribution in [1.29, 1.82) is 0 Å². The number of carbonyl (C=O) groups excluding carboxylic acids is 1. The lowest BCUT2D eigenvalue weighted by Gasteiger charge is -2.05. The molecule has 0 bridgehead atoms. The van der Waals surface area contributed by atoms with Gasteiger partial charge < -0.3 is 11.1 Å². The minimum absolute atomic E-state index is 0.0978. The van der Waals surface area contributed by atoms with Gasteiger partial charge in [-0.15, -0.1) is 0 Å². The Kier molecular flexibility index (Phi) is 5.42. The van der Waals surface area contributed by atoms with Gasteiger partial charge in [0.25, 0.3) is 0 Å². The van der Waals surface area contributed by atoms with Crippen molar-refractivity contribution < 1.29 is 13.2 Å². The summed E-state index contributed by atoms with van der Waals surface area (Å²) in [6.45, 7) is 0. The fraction of sp³-hybridized carbons (Fsp3) is 0.0500. The molecule has 0 unspecified atom stereocenters. The molecule has 2 aromatic carbocycles. The normalized spacial score (nSPS) is 11.6. The number of hydrogen-bond acceptors (Lipinski definition) is 4. The highest BCUT2D eigenvalue weighted by Crippen LogP contribution is 2.17. The third-order valence-electron chi connectivity index (χ3n) is 3.85. The second-order valence-corrected chi connectivity index (χ2v) is 7.80. The van der Waals surface area contributed by atoms with Crippen LogP contribution in [-0.2, 0) is 20.6 Å². The van der Waals surface area contributed by atoms with Crippen molar-refractivity contribution >= 4 is 33.4 Å². The zero-order valence-corrected chi connectivity index (χ0v) is 15.3. The van der Waals surface area contributed by atoms with Gasteiger partial charge >= 0.3 is 0 Å². The molecule has 1 amide bonds. The summed E-state index contributed by atoms with van der Waals surface area (Å²) >= 11 is 0. The first-order chi connectivity index (χ1) is 12.9. The molecule has 0 aliphatic rings. The second-order valence-electron chi connectivity index (χ2n) is 5.93. The van der Waals surface area contributed by atoms with E-state index in [4.69, 9.17) is 5.73 Å². The van der Waals surface area contributed by atoms with Crippen LogP contribution in [0, 0.1) is 0 Å². The summed E-state index contributed by atoms with van der Waals surface area (Å²) in [7, 11) is -3.52. The molecule has 7 heteroatoms. The third kappa shape index (κ3) is 4.86. The highest BCUT2D eigenvalue weighted by atomic mass is 32.2. The molecule has 0 saturated heterocycles. The van der Waals surface area contributed by atoms with E-state index >= 15 is 0 Å². The summed E-state index contributed by atoms with van der Waals surface area (Å²) in [6.07, 6.45) is 5.81. The van der Waals surface area contributed by atoms with Gasteiger partial charge in [-0.05, 0) is 35.4 Å². The Labute approximate surface area is 158 Å². The number of carbonyl (C=O) groups is 1. The van der Waals surface area contributed by atoms with E-state index in [9.17, 15) is 13.2 Å². The largest absolute Gasteiger partial charge is 0.397 e. The summed E-state index contributed by atoms with van der Waals surface area (Å²) < 4.78 is 26.1. The Morgan fingerprint density at radius 3 is 2.48 bits per heavy atom. The molecule has 27 heavy (non-hydrogen) atoms. The van der Waals surface area contributed by atoms with Crippen LogP contribution >= 0.6 is 0 Å². The minimum Gasteiger partial charge on any atom is -0.397 e. The van der Waals surface area contributed by atoms with Crippen molar-refractivity contribution in [3.8, 4) is 0 Å². The molecule has 138 valence electrons. The van der Waals surface area contributed by atoms with Crippen LogP contribution in [0.25, 0.3) is 6.08 Å². The molecule has 0 spiro atoms. The summed E-state index contributed by atoms with van der Waals surface area (Å²) in [6, 6.07) is 17.5. The molecule has 1 heterocycles. The number of benzene rings is 2. The van der Waals surface area contributed by atoms with Crippen LogP contribution in [-0.4, -0.2) is 18.3 Å². The zero-order valence-electron chi connectivity index (χ0n) is 14.4. The topological polar surface area (TPSA) is 94.2 Å². The lowest BCUT2D eigenvalue weighted by atomic mass is 10.2. The summed E-state index contributed by atoms with van der Waals surface area (Å²) in [5, 5.41) is 2.67. The molecular weight excluding hydrogens is 362 g/mol. The average molecular weight is 381 g/mol. The van der Waals surface area contributed by atoms with Crippen molar-refractivity contribution in [3.63, 3.8) is 0 Å². The van der Waals surface area contributed by atoms with Gasteiger partial charge in [0, 0.05) is 18.5 Å². The van der Waals surface area contributed by atoms with Gasteiger partial charge in [-0.2, -0.15) is 0 Å². The standard InChI is InChI=1S/C20H19N3O3S/c21-18-8-4-5-9-19(18)22-20(24)11-10-16-12-13-23(14-16)27(25,26)15-17-6-2-1-3-7-17/h1-14H,15,21H2,(H,22,24)/b11-10+. The first-order valence-electron chi connectivity index (χ1n) is 8.23. The Balaban J connectivity index is 1.67. The van der Waals surface area contributed by atoms with E-state index in [0.29, 0.717) is 22.5 Å². The summed E-state index contributed by atoms with van der Waals surface area (Å²) in [4.78, 5) is 12.0. The van der Waals surface area contributed by atoms with Crippen LogP contribution in [0.2, 0.25) is 0 Å². The number of nitrogens with two attached hydrogens (primary N) is 1. The van der Waals surface area contributed by atoms with Crippen molar-refractivity contribution in [2.75, 3.05) is 11.1 Å². The Morgan fingerprint density at radius 1 is 1.04 bits per heavy atom. The molecule has 1 aromatic heterocycles. The SMILES string of the molecule is Nc1ccccc1NC(=O)/C=C/c1ccn(S(=O)(=O)Cc2ccccc2)c1. The number of rotatable bonds is 6. The van der Waals surface area contributed by atoms with Crippen molar-refractivity contribution in [2.24, 2.45) is 0 Å². The molecule has 0 atom stereocenters. The maximum Gasteiger partial charge on any atom is 0.248 e. The van der Waals surface area contributed by atoms with Gasteiger partial charge in [0.05, 0.1) is 17.1 Å². The van der Waals surface area contributed by atoms with Gasteiger partial charge in [0.2, 0.25) is 15.9 Å². The van der Waals surface area contributed by atoms with Crippen LogP contribution < -0.4 is 11.1 Å². The van der Waals surface area contributed by atoms with E-state index in [-0.39, 0.29) is 11.7 Å². The molecule has 3 N–H and O–H groups in total. The monoisotopic (exact) mass is 381 g/mol. The minimum atomic E-state index is -3.52. The smallest absolute Gasteiger partial charge is 0.248 e. The number of nitrogen functional groups attached to an aromatic ring is 1. The van der Waals surface area contributed by atoms with Gasteiger partial charge in [-0.25, -0.2) is 8.42 Å². The fourth-order valence-corrected chi connectivity index (χ4v) is 3.77. The fourth-order valence-electron chi connectivity index (χ4n) is 2.48. The van der Waals surface area contributed by atoms with Gasteiger partial charge in [-0.3, -0.25) is 8.77 Å². The maximum absolute atomic E-state index is 12.5. The summed E-state index contributed by atoms with van der Waals surface area (Å²) in [5.74, 6) is -0.452. The third-order valence-corrected chi connectivity index (χ3v) is 5.42. The molecule has 0 fully saturated rings. The quantitative estimate of drug-likeness (QED) is 0.507. The van der Waals surface area contributed by atoms with Crippen LogP contribution in [0.1, 0.15) is 11.1 Å². The van der Waals surface area contributed by atoms with Crippen LogP contribution in [0.3, 0.4) is 0 Å². The predicted molar refractivity (Wildman–Crippen MR) is 107 cm³/mol. The van der Waals surface area contributed by atoms with Gasteiger partial charge in [0.1, 0.15) is 0 Å². The number of aromatic nitrogens is 1. The highest BCUT2D eigenvalue weighted by molar-refractivity contribution is 7.89. The van der Waals surface area contributed by atoms with Crippen LogP contribution in [0.4, 0.5) is 11.4 Å². The Hall–Kier alpha value is -3.32. The molecule has 0 radical (unpaired) electrons. The molecular formula is C20H19N3O3S. The van der Waals surface area contributed by atoms with Crippen LogP contribution in [0.15, 0.2) is 79.1 Å². The second kappa shape index (κ2) is 7.92. The van der Waals surface area contributed by atoms with E-state index in [2.05, 4.69) is 5.32 Å². The zero-order chi connectivity index (χ0) is 19.3. The first kappa shape index (κ1) is 18.5. The molecule has 0 saturated carbocycles. The number of amides is 1. The lowest BCUT2D eigenvalue weighted by Crippen LogP contribution is -2.13. The molecule has 0 aliphatic carbocycles. The number of nitrogens with zero attached hydrogens (tertiary/aromatic N) is 1. The van der Waals surface area contributed by atoms with Gasteiger partial charge in [0.15, 0.2) is 0 Å². The summed E-state index contributed by atoms with van der Waals surface area (Å²) in [5.41, 5.74) is 8.09. The number of anilines is 2. The first-order valence-corrected chi connectivity index (χ1v) is 9.84. The lowest BCUT2D eigenvalue weighted by molar-refractivity contribution is -0.111. The van der Waals surface area contributed by atoms with E-state index in [1.54, 1.807) is 60.7 Å². The maximum atomic E-state index is 12.5. The van der Waals surface area contributed by atoms with Crippen LogP contribution in [0.5, 0.6) is 0 Å². The van der Waals surface area contributed by atoms with Gasteiger partial charge in [-0.1, -0.05) is 42.5 Å². The number of hydrogen-bond donors (Lipinski definition) is 2. The van der Waals surface area contributed by atoms with E-state index < -0.39 is 10.0 Å². The van der Waals surface area contributed by atoms with E-state index in [1.165, 1.54) is 18.5 Å². The number of nitrogens with one attached hydrogen (secondary N) is 1. The Bertz CT molecular complexity index is 1070. The molecule has 6 nitrogen and oxygen atoms in total. The average Bonchev–Trinajstić information content (AvgIpc) is 3.13. The molecule has 3 aromatic rings. The van der Waals surface area contributed by atoms with Crippen molar-refractivity contribution in [1.82, 2.24) is 3.97 Å². The van der Waals surface area contributed by atoms with E-state index in [1.807, 2.05) is 6.07 Å². The van der Waals surface area contributed by atoms with E-state index in [0.717, 1.165) is 3.97 Å². The molecule has 3 rings (SSSR count). The Morgan fingerprint density at radius 2 is 1.74 bits per heavy atom. The highest BCUT2D eigenvalue weighted by Gasteiger charge is 2.13. The molecule has 0 aliphatic heterocycles.